The Bertz CT molecular complexity index is 761. The number of carbonyl (C=O) groups excluding carboxylic acids is 2. The summed E-state index contributed by atoms with van der Waals surface area (Å²) in [5.41, 5.74) is 4.68. The van der Waals surface area contributed by atoms with Gasteiger partial charge in [0.15, 0.2) is 0 Å². The molecule has 4 atom stereocenters. The zero-order valence-corrected chi connectivity index (χ0v) is 14.1. The molecule has 4 rings (SSSR count). The van der Waals surface area contributed by atoms with Crippen molar-refractivity contribution in [2.45, 2.75) is 50.2 Å². The molecule has 4 unspecified atom stereocenters. The molecule has 1 aromatic heterocycles. The van der Waals surface area contributed by atoms with Crippen molar-refractivity contribution < 1.29 is 22.8 Å². The summed E-state index contributed by atoms with van der Waals surface area (Å²) in [5.74, 6) is -0.422. The molecule has 0 bridgehead atoms. The fourth-order valence-electron chi connectivity index (χ4n) is 4.29. The van der Waals surface area contributed by atoms with Gasteiger partial charge in [0, 0.05) is 29.1 Å². The number of nitrogens with zero attached hydrogens (tertiary/aromatic N) is 1. The highest BCUT2D eigenvalue weighted by atomic mass is 19.4. The second-order valence-electron chi connectivity index (χ2n) is 7.75. The van der Waals surface area contributed by atoms with Crippen molar-refractivity contribution in [3.63, 3.8) is 0 Å². The van der Waals surface area contributed by atoms with E-state index in [1.54, 1.807) is 0 Å². The molecule has 0 spiro atoms. The van der Waals surface area contributed by atoms with Crippen molar-refractivity contribution in [1.29, 1.82) is 0 Å². The minimum atomic E-state index is -4.58. The van der Waals surface area contributed by atoms with Crippen LogP contribution in [0.15, 0.2) is 12.1 Å². The van der Waals surface area contributed by atoms with Crippen LogP contribution in [-0.2, 0) is 11.0 Å². The van der Waals surface area contributed by atoms with Crippen LogP contribution in [0.25, 0.3) is 0 Å². The SMILES string of the molecule is NC(=O)C1CC2CC(NC(=O)c3cc(C4CC4)nc(C(F)(F)F)c3)C2C1. The Hall–Kier alpha value is -2.12. The molecule has 3 N–H and O–H groups in total. The average molecular weight is 367 g/mol. The molecular formula is C18H20F3N3O2. The van der Waals surface area contributed by atoms with Crippen LogP contribution in [0.5, 0.6) is 0 Å². The van der Waals surface area contributed by atoms with Crippen LogP contribution < -0.4 is 11.1 Å². The number of hydrogen-bond acceptors (Lipinski definition) is 3. The summed E-state index contributed by atoms with van der Waals surface area (Å²) < 4.78 is 39.3. The molecule has 26 heavy (non-hydrogen) atoms. The Kier molecular flexibility index (Phi) is 3.96. The number of primary amides is 1. The highest BCUT2D eigenvalue weighted by molar-refractivity contribution is 5.94. The molecule has 140 valence electrons. The van der Waals surface area contributed by atoms with Gasteiger partial charge in [-0.05, 0) is 56.1 Å². The Balaban J connectivity index is 1.49. The largest absolute Gasteiger partial charge is 0.433 e. The van der Waals surface area contributed by atoms with Crippen LogP contribution in [0.4, 0.5) is 13.2 Å². The van der Waals surface area contributed by atoms with Gasteiger partial charge in [0.1, 0.15) is 5.69 Å². The number of nitrogens with one attached hydrogen (secondary N) is 1. The topological polar surface area (TPSA) is 85.1 Å². The second kappa shape index (κ2) is 5.96. The molecule has 0 aliphatic heterocycles. The predicted octanol–water partition coefficient (Wildman–Crippen LogP) is 2.61. The summed E-state index contributed by atoms with van der Waals surface area (Å²) in [6, 6.07) is 2.18. The lowest BCUT2D eigenvalue weighted by atomic mass is 9.71. The first-order valence-electron chi connectivity index (χ1n) is 8.91. The van der Waals surface area contributed by atoms with E-state index in [0.717, 1.165) is 31.7 Å². The Labute approximate surface area is 148 Å². The van der Waals surface area contributed by atoms with E-state index in [9.17, 15) is 22.8 Å². The monoisotopic (exact) mass is 367 g/mol. The third-order valence-corrected chi connectivity index (χ3v) is 5.94. The molecule has 0 aromatic carbocycles. The van der Waals surface area contributed by atoms with Crippen molar-refractivity contribution >= 4 is 11.8 Å². The highest BCUT2D eigenvalue weighted by Crippen LogP contribution is 2.49. The summed E-state index contributed by atoms with van der Waals surface area (Å²) in [7, 11) is 0. The number of nitrogens with two attached hydrogens (primary N) is 1. The summed E-state index contributed by atoms with van der Waals surface area (Å²) in [4.78, 5) is 27.5. The van der Waals surface area contributed by atoms with Gasteiger partial charge in [-0.15, -0.1) is 0 Å². The maximum absolute atomic E-state index is 13.1. The molecule has 0 saturated heterocycles. The molecule has 8 heteroatoms. The summed E-state index contributed by atoms with van der Waals surface area (Å²) in [6.45, 7) is 0. The third-order valence-electron chi connectivity index (χ3n) is 5.94. The number of fused-ring (bicyclic) bond motifs is 1. The second-order valence-corrected chi connectivity index (χ2v) is 7.75. The van der Waals surface area contributed by atoms with E-state index in [4.69, 9.17) is 5.73 Å². The Morgan fingerprint density at radius 2 is 1.88 bits per heavy atom. The fraction of sp³-hybridized carbons (Fsp3) is 0.611. The van der Waals surface area contributed by atoms with Gasteiger partial charge in [0.25, 0.3) is 5.91 Å². The van der Waals surface area contributed by atoms with Crippen molar-refractivity contribution in [2.75, 3.05) is 0 Å². The summed E-state index contributed by atoms with van der Waals surface area (Å²) in [6.07, 6.45) is -0.852. The van der Waals surface area contributed by atoms with Gasteiger partial charge in [-0.25, -0.2) is 4.98 Å². The normalized spacial score (nSPS) is 30.4. The van der Waals surface area contributed by atoms with Crippen LogP contribution in [0.1, 0.15) is 59.8 Å². The lowest BCUT2D eigenvalue weighted by Crippen LogP contribution is -2.50. The molecule has 1 heterocycles. The van der Waals surface area contributed by atoms with E-state index in [-0.39, 0.29) is 35.3 Å². The first-order chi connectivity index (χ1) is 12.2. The maximum Gasteiger partial charge on any atom is 0.433 e. The molecule has 0 radical (unpaired) electrons. The standard InChI is InChI=1S/C18H20F3N3O2/c19-18(20,21)15-7-11(6-13(23-15)8-1-2-8)17(26)24-14-5-9-3-10(16(22)25)4-12(9)14/h6-10,12,14H,1-5H2,(H2,22,25)(H,24,26). The number of aromatic nitrogens is 1. The van der Waals surface area contributed by atoms with Gasteiger partial charge in [-0.2, -0.15) is 13.2 Å². The summed E-state index contributed by atoms with van der Waals surface area (Å²) >= 11 is 0. The van der Waals surface area contributed by atoms with Crippen LogP contribution in [0.3, 0.4) is 0 Å². The number of rotatable bonds is 4. The molecule has 3 fully saturated rings. The van der Waals surface area contributed by atoms with Crippen LogP contribution >= 0.6 is 0 Å². The molecule has 5 nitrogen and oxygen atoms in total. The van der Waals surface area contributed by atoms with E-state index in [2.05, 4.69) is 10.3 Å². The molecule has 3 saturated carbocycles. The van der Waals surface area contributed by atoms with E-state index in [0.29, 0.717) is 18.0 Å². The lowest BCUT2D eigenvalue weighted by Gasteiger charge is -2.40. The average Bonchev–Trinajstić information content (AvgIpc) is 3.34. The van der Waals surface area contributed by atoms with Gasteiger partial charge in [-0.1, -0.05) is 0 Å². The predicted molar refractivity (Wildman–Crippen MR) is 86.0 cm³/mol. The van der Waals surface area contributed by atoms with E-state index in [1.165, 1.54) is 6.07 Å². The molecule has 3 aliphatic carbocycles. The van der Waals surface area contributed by atoms with Crippen molar-refractivity contribution in [2.24, 2.45) is 23.5 Å². The van der Waals surface area contributed by atoms with Crippen molar-refractivity contribution in [1.82, 2.24) is 10.3 Å². The quantitative estimate of drug-likeness (QED) is 0.858. The maximum atomic E-state index is 13.1. The van der Waals surface area contributed by atoms with Crippen LogP contribution in [0, 0.1) is 17.8 Å². The third kappa shape index (κ3) is 3.17. The van der Waals surface area contributed by atoms with E-state index < -0.39 is 17.8 Å². The lowest BCUT2D eigenvalue weighted by molar-refractivity contribution is -0.141. The van der Waals surface area contributed by atoms with Crippen LogP contribution in [0.2, 0.25) is 0 Å². The van der Waals surface area contributed by atoms with Crippen molar-refractivity contribution in [3.8, 4) is 0 Å². The minimum absolute atomic E-state index is 0.00197. The van der Waals surface area contributed by atoms with Crippen molar-refractivity contribution in [3.05, 3.63) is 29.1 Å². The number of alkyl halides is 3. The van der Waals surface area contributed by atoms with Gasteiger partial charge in [-0.3, -0.25) is 9.59 Å². The minimum Gasteiger partial charge on any atom is -0.369 e. The summed E-state index contributed by atoms with van der Waals surface area (Å²) in [5, 5.41) is 2.84. The number of pyridine rings is 1. The van der Waals surface area contributed by atoms with Gasteiger partial charge in [0.2, 0.25) is 5.91 Å². The Morgan fingerprint density at radius 3 is 2.50 bits per heavy atom. The zero-order valence-electron chi connectivity index (χ0n) is 14.1. The molecule has 3 aliphatic rings. The van der Waals surface area contributed by atoms with Gasteiger partial charge in [0.05, 0.1) is 0 Å². The molecular weight excluding hydrogens is 347 g/mol. The van der Waals surface area contributed by atoms with Crippen LogP contribution in [-0.4, -0.2) is 22.8 Å². The fourth-order valence-corrected chi connectivity index (χ4v) is 4.29. The first-order valence-corrected chi connectivity index (χ1v) is 8.91. The van der Waals surface area contributed by atoms with Gasteiger partial charge >= 0.3 is 6.18 Å². The number of halogens is 3. The number of amides is 2. The zero-order chi connectivity index (χ0) is 18.6. The number of carbonyl (C=O) groups is 2. The molecule has 2 amide bonds. The Morgan fingerprint density at radius 1 is 1.15 bits per heavy atom. The first kappa shape index (κ1) is 17.3. The highest BCUT2D eigenvalue weighted by Gasteiger charge is 2.49. The van der Waals surface area contributed by atoms with Gasteiger partial charge < -0.3 is 11.1 Å². The number of hydrogen-bond donors (Lipinski definition) is 2. The molecule has 1 aromatic rings. The van der Waals surface area contributed by atoms with E-state index >= 15 is 0 Å². The smallest absolute Gasteiger partial charge is 0.369 e. The van der Waals surface area contributed by atoms with E-state index in [1.807, 2.05) is 0 Å².